The Morgan fingerprint density at radius 2 is 1.88 bits per heavy atom. The summed E-state index contributed by atoms with van der Waals surface area (Å²) in [7, 11) is 0. The van der Waals surface area contributed by atoms with E-state index in [1.807, 2.05) is 25.1 Å². The highest BCUT2D eigenvalue weighted by atomic mass is 35.5. The lowest BCUT2D eigenvalue weighted by Gasteiger charge is -2.12. The summed E-state index contributed by atoms with van der Waals surface area (Å²) in [6.45, 7) is 1.79. The molecule has 0 unspecified atom stereocenters. The van der Waals surface area contributed by atoms with E-state index in [4.69, 9.17) is 44.6 Å². The fraction of sp³-hybridized carbons (Fsp3) is 0.0870. The van der Waals surface area contributed by atoms with Crippen molar-refractivity contribution in [3.63, 3.8) is 0 Å². The molecule has 0 spiro atoms. The maximum atomic E-state index is 12.1. The highest BCUT2D eigenvalue weighted by molar-refractivity contribution is 7.80. The number of nitrogens with one attached hydrogen (secondary N) is 2. The Morgan fingerprint density at radius 1 is 1.09 bits per heavy atom. The zero-order valence-electron chi connectivity index (χ0n) is 16.8. The van der Waals surface area contributed by atoms with E-state index >= 15 is 0 Å². The molecule has 0 aliphatic rings. The Hall–Kier alpha value is -3.13. The first kappa shape index (κ1) is 22.1. The molecule has 0 atom stereocenters. The van der Waals surface area contributed by atoms with Gasteiger partial charge in [-0.15, -0.1) is 0 Å². The van der Waals surface area contributed by atoms with Crippen LogP contribution in [0.3, 0.4) is 0 Å². The van der Waals surface area contributed by atoms with Crippen LogP contribution in [0.1, 0.15) is 5.56 Å². The number of amides is 1. The second kappa shape index (κ2) is 9.56. The summed E-state index contributed by atoms with van der Waals surface area (Å²) in [4.78, 5) is 16.7. The number of aryl methyl sites for hydroxylation is 1. The fourth-order valence-electron chi connectivity index (χ4n) is 2.91. The third-order valence-corrected chi connectivity index (χ3v) is 5.23. The summed E-state index contributed by atoms with van der Waals surface area (Å²) >= 11 is 17.4. The SMILES string of the molecule is Cc1ccc2oc(-c3ccc(Cl)c(NC(=S)NC(=O)COc4ccc(Cl)cc4)c3)nc2c1. The first-order valence-electron chi connectivity index (χ1n) is 9.54. The van der Waals surface area contributed by atoms with Crippen LogP contribution in [0.25, 0.3) is 22.6 Å². The normalized spacial score (nSPS) is 10.7. The second-order valence-electron chi connectivity index (χ2n) is 6.93. The number of carbonyl (C=O) groups excluding carboxylic acids is 1. The van der Waals surface area contributed by atoms with Crippen LogP contribution in [0.4, 0.5) is 5.69 Å². The van der Waals surface area contributed by atoms with Crippen molar-refractivity contribution in [3.8, 4) is 17.2 Å². The number of hydrogen-bond donors (Lipinski definition) is 2. The van der Waals surface area contributed by atoms with E-state index in [2.05, 4.69) is 15.6 Å². The smallest absolute Gasteiger partial charge is 0.264 e. The molecule has 1 amide bonds. The molecule has 0 fully saturated rings. The molecule has 1 heterocycles. The van der Waals surface area contributed by atoms with E-state index in [-0.39, 0.29) is 11.7 Å². The number of anilines is 1. The first-order chi connectivity index (χ1) is 15.4. The van der Waals surface area contributed by atoms with E-state index in [0.29, 0.717) is 38.5 Å². The number of hydrogen-bond acceptors (Lipinski definition) is 5. The molecular formula is C23H17Cl2N3O3S. The Balaban J connectivity index is 1.41. The van der Waals surface area contributed by atoms with Crippen molar-refractivity contribution < 1.29 is 13.9 Å². The van der Waals surface area contributed by atoms with Gasteiger partial charge in [0.1, 0.15) is 11.3 Å². The molecule has 4 rings (SSSR count). The molecule has 1 aromatic heterocycles. The number of halogens is 2. The van der Waals surface area contributed by atoms with Crippen molar-refractivity contribution in [2.45, 2.75) is 6.92 Å². The van der Waals surface area contributed by atoms with E-state index in [1.54, 1.807) is 42.5 Å². The van der Waals surface area contributed by atoms with Crippen LogP contribution >= 0.6 is 35.4 Å². The molecule has 6 nitrogen and oxygen atoms in total. The maximum Gasteiger partial charge on any atom is 0.264 e. The van der Waals surface area contributed by atoms with Crippen LogP contribution in [0.15, 0.2) is 65.1 Å². The van der Waals surface area contributed by atoms with Crippen molar-refractivity contribution in [2.24, 2.45) is 0 Å². The fourth-order valence-corrected chi connectivity index (χ4v) is 3.43. The number of rotatable bonds is 5. The van der Waals surface area contributed by atoms with Gasteiger partial charge in [0.25, 0.3) is 5.91 Å². The van der Waals surface area contributed by atoms with Gasteiger partial charge in [-0.25, -0.2) is 4.98 Å². The van der Waals surface area contributed by atoms with Gasteiger partial charge in [-0.1, -0.05) is 29.3 Å². The van der Waals surface area contributed by atoms with Crippen molar-refractivity contribution >= 4 is 63.2 Å². The van der Waals surface area contributed by atoms with E-state index < -0.39 is 5.91 Å². The lowest BCUT2D eigenvalue weighted by atomic mass is 10.2. The van der Waals surface area contributed by atoms with Gasteiger partial charge in [-0.2, -0.15) is 0 Å². The summed E-state index contributed by atoms with van der Waals surface area (Å²) in [5, 5.41) is 6.58. The molecule has 3 aromatic carbocycles. The van der Waals surface area contributed by atoms with Gasteiger partial charge in [-0.05, 0) is 79.3 Å². The monoisotopic (exact) mass is 485 g/mol. The van der Waals surface area contributed by atoms with Gasteiger partial charge in [0, 0.05) is 10.6 Å². The summed E-state index contributed by atoms with van der Waals surface area (Å²) in [6, 6.07) is 17.7. The molecule has 162 valence electrons. The van der Waals surface area contributed by atoms with Crippen molar-refractivity contribution in [1.29, 1.82) is 0 Å². The predicted molar refractivity (Wildman–Crippen MR) is 131 cm³/mol. The summed E-state index contributed by atoms with van der Waals surface area (Å²) in [5.74, 6) is 0.559. The first-order valence-corrected chi connectivity index (χ1v) is 10.7. The van der Waals surface area contributed by atoms with Crippen molar-refractivity contribution in [1.82, 2.24) is 10.3 Å². The molecule has 4 aromatic rings. The van der Waals surface area contributed by atoms with Gasteiger partial charge in [0.05, 0.1) is 10.7 Å². The van der Waals surface area contributed by atoms with Gasteiger partial charge in [-0.3, -0.25) is 10.1 Å². The minimum atomic E-state index is -0.418. The van der Waals surface area contributed by atoms with Crippen molar-refractivity contribution in [3.05, 3.63) is 76.3 Å². The third-order valence-electron chi connectivity index (χ3n) is 4.44. The lowest BCUT2D eigenvalue weighted by Crippen LogP contribution is -2.37. The van der Waals surface area contributed by atoms with Gasteiger partial charge < -0.3 is 14.5 Å². The Morgan fingerprint density at radius 3 is 2.66 bits per heavy atom. The quantitative estimate of drug-likeness (QED) is 0.337. The molecule has 0 saturated carbocycles. The van der Waals surface area contributed by atoms with Crippen LogP contribution in [0, 0.1) is 6.92 Å². The van der Waals surface area contributed by atoms with E-state index in [0.717, 1.165) is 11.1 Å². The second-order valence-corrected chi connectivity index (χ2v) is 8.18. The Kier molecular flexibility index (Phi) is 6.60. The minimum absolute atomic E-state index is 0.0851. The topological polar surface area (TPSA) is 76.4 Å². The molecule has 9 heteroatoms. The van der Waals surface area contributed by atoms with Crippen LogP contribution < -0.4 is 15.4 Å². The summed E-state index contributed by atoms with van der Waals surface area (Å²) in [5.41, 5.74) is 3.78. The Bertz CT molecular complexity index is 1310. The molecular weight excluding hydrogens is 469 g/mol. The minimum Gasteiger partial charge on any atom is -0.484 e. The predicted octanol–water partition coefficient (Wildman–Crippen LogP) is 6.00. The number of benzene rings is 3. The zero-order chi connectivity index (χ0) is 22.7. The van der Waals surface area contributed by atoms with Crippen LogP contribution in [0.5, 0.6) is 5.75 Å². The number of aromatic nitrogens is 1. The number of carbonyl (C=O) groups is 1. The summed E-state index contributed by atoms with van der Waals surface area (Å²) in [6.07, 6.45) is 0. The molecule has 0 bridgehead atoms. The number of nitrogens with zero attached hydrogens (tertiary/aromatic N) is 1. The molecule has 32 heavy (non-hydrogen) atoms. The maximum absolute atomic E-state index is 12.1. The number of ether oxygens (including phenoxy) is 1. The Labute approximate surface area is 199 Å². The highest BCUT2D eigenvalue weighted by Crippen LogP contribution is 2.30. The largest absolute Gasteiger partial charge is 0.484 e. The number of fused-ring (bicyclic) bond motifs is 1. The van der Waals surface area contributed by atoms with Crippen LogP contribution in [-0.4, -0.2) is 22.6 Å². The summed E-state index contributed by atoms with van der Waals surface area (Å²) < 4.78 is 11.3. The molecule has 0 radical (unpaired) electrons. The number of thiocarbonyl (C=S) groups is 1. The average molecular weight is 486 g/mol. The van der Waals surface area contributed by atoms with E-state index in [1.165, 1.54) is 0 Å². The average Bonchev–Trinajstić information content (AvgIpc) is 3.18. The van der Waals surface area contributed by atoms with Crippen molar-refractivity contribution in [2.75, 3.05) is 11.9 Å². The van der Waals surface area contributed by atoms with Gasteiger partial charge >= 0.3 is 0 Å². The van der Waals surface area contributed by atoms with Crippen LogP contribution in [-0.2, 0) is 4.79 Å². The molecule has 0 aliphatic heterocycles. The molecule has 0 saturated heterocycles. The van der Waals surface area contributed by atoms with Gasteiger partial charge in [0.15, 0.2) is 17.3 Å². The molecule has 2 N–H and O–H groups in total. The number of oxazole rings is 1. The molecule has 0 aliphatic carbocycles. The van der Waals surface area contributed by atoms with Crippen LogP contribution in [0.2, 0.25) is 10.0 Å². The standard InChI is InChI=1S/C23H17Cl2N3O3S/c1-13-2-9-20-19(10-13)26-22(31-20)14-3-8-17(25)18(11-14)27-23(32)28-21(29)12-30-16-6-4-15(24)5-7-16/h2-11H,12H2,1H3,(H2,27,28,29,32). The zero-order valence-corrected chi connectivity index (χ0v) is 19.1. The third kappa shape index (κ3) is 5.37. The van der Waals surface area contributed by atoms with Gasteiger partial charge in [0.2, 0.25) is 5.89 Å². The lowest BCUT2D eigenvalue weighted by molar-refractivity contribution is -0.121. The highest BCUT2D eigenvalue weighted by Gasteiger charge is 2.13. The van der Waals surface area contributed by atoms with E-state index in [9.17, 15) is 4.79 Å².